The molecule has 1 heterocycles. The fourth-order valence-electron chi connectivity index (χ4n) is 2.82. The molecule has 0 N–H and O–H groups in total. The Morgan fingerprint density at radius 3 is 2.50 bits per heavy atom. The van der Waals surface area contributed by atoms with Crippen molar-refractivity contribution in [1.82, 2.24) is 5.06 Å². The van der Waals surface area contributed by atoms with Gasteiger partial charge in [-0.1, -0.05) is 36.4 Å². The number of nitrogens with zero attached hydrogens (tertiary/aromatic N) is 1. The molecule has 3 nitrogen and oxygen atoms in total. The molecule has 1 unspecified atom stereocenters. The lowest BCUT2D eigenvalue weighted by Gasteiger charge is -2.41. The van der Waals surface area contributed by atoms with E-state index in [2.05, 4.69) is 0 Å². The minimum atomic E-state index is -0.579. The van der Waals surface area contributed by atoms with Gasteiger partial charge in [-0.25, -0.2) is 0 Å². The van der Waals surface area contributed by atoms with Crippen molar-refractivity contribution in [2.24, 2.45) is 0 Å². The summed E-state index contributed by atoms with van der Waals surface area (Å²) in [6, 6.07) is 15.1. The lowest BCUT2D eigenvalue weighted by atomic mass is 9.89. The maximum atomic E-state index is 12.8. The fourth-order valence-corrected chi connectivity index (χ4v) is 2.82. The van der Waals surface area contributed by atoms with Gasteiger partial charge in [-0.05, 0) is 32.4 Å². The third-order valence-corrected chi connectivity index (χ3v) is 3.73. The first-order valence-electron chi connectivity index (χ1n) is 6.80. The number of aryl methyl sites for hydroxylation is 1. The number of fused-ring (bicyclic) bond motifs is 1. The molecule has 1 aliphatic heterocycles. The number of benzene rings is 2. The van der Waals surface area contributed by atoms with E-state index in [1.54, 1.807) is 0 Å². The molecule has 0 saturated heterocycles. The molecule has 3 rings (SSSR count). The molecule has 0 fully saturated rings. The third kappa shape index (κ3) is 2.09. The van der Waals surface area contributed by atoms with Crippen LogP contribution in [0.25, 0.3) is 0 Å². The van der Waals surface area contributed by atoms with Crippen molar-refractivity contribution < 1.29 is 4.74 Å². The lowest BCUT2D eigenvalue weighted by Crippen LogP contribution is -2.48. The van der Waals surface area contributed by atoms with E-state index in [9.17, 15) is 5.21 Å². The van der Waals surface area contributed by atoms with Crippen LogP contribution in [-0.4, -0.2) is 5.60 Å². The second kappa shape index (κ2) is 4.62. The van der Waals surface area contributed by atoms with E-state index in [0.717, 1.165) is 16.2 Å². The van der Waals surface area contributed by atoms with Crippen LogP contribution in [0.1, 0.15) is 31.0 Å². The van der Waals surface area contributed by atoms with Gasteiger partial charge in [0.2, 0.25) is 11.7 Å². The Bertz CT molecular complexity index is 622. The molecule has 3 heteroatoms. The Labute approximate surface area is 119 Å². The fraction of sp³-hybridized carbons (Fsp3) is 0.294. The normalized spacial score (nSPS) is 21.1. The molecular formula is C17H18NO2. The molecule has 1 radical (unpaired) electrons. The van der Waals surface area contributed by atoms with E-state index in [0.29, 0.717) is 11.4 Å². The Morgan fingerprint density at radius 2 is 1.80 bits per heavy atom. The quantitative estimate of drug-likeness (QED) is 0.575. The smallest absolute Gasteiger partial charge is 0.224 e. The van der Waals surface area contributed by atoms with Crippen molar-refractivity contribution in [3.05, 3.63) is 64.9 Å². The van der Waals surface area contributed by atoms with Crippen LogP contribution in [0.4, 0.5) is 5.69 Å². The Morgan fingerprint density at radius 1 is 1.10 bits per heavy atom. The molecule has 103 valence electrons. The molecule has 1 atom stereocenters. The summed E-state index contributed by atoms with van der Waals surface area (Å²) in [6.45, 7) is 5.91. The van der Waals surface area contributed by atoms with Crippen LogP contribution >= 0.6 is 0 Å². The first-order chi connectivity index (χ1) is 9.49. The highest BCUT2D eigenvalue weighted by Crippen LogP contribution is 2.46. The van der Waals surface area contributed by atoms with Gasteiger partial charge in [0.1, 0.15) is 0 Å². The molecule has 0 bridgehead atoms. The number of hydrogen-bond donors (Lipinski definition) is 0. The van der Waals surface area contributed by atoms with Gasteiger partial charge in [0.25, 0.3) is 0 Å². The highest BCUT2D eigenvalue weighted by Gasteiger charge is 2.47. The molecular weight excluding hydrogens is 250 g/mol. The van der Waals surface area contributed by atoms with Gasteiger partial charge in [-0.2, -0.15) is 0 Å². The predicted molar refractivity (Wildman–Crippen MR) is 80.2 cm³/mol. The van der Waals surface area contributed by atoms with E-state index in [-0.39, 0.29) is 6.04 Å². The molecule has 1 aliphatic rings. The number of hydrogen-bond acceptors (Lipinski definition) is 3. The summed E-state index contributed by atoms with van der Waals surface area (Å²) in [5.41, 5.74) is 2.08. The van der Waals surface area contributed by atoms with Crippen molar-refractivity contribution in [1.29, 1.82) is 0 Å². The van der Waals surface area contributed by atoms with E-state index >= 15 is 0 Å². The monoisotopic (exact) mass is 268 g/mol. The first kappa shape index (κ1) is 13.2. The highest BCUT2D eigenvalue weighted by molar-refractivity contribution is 5.58. The molecule has 0 saturated carbocycles. The van der Waals surface area contributed by atoms with Crippen LogP contribution in [0, 0.1) is 12.1 Å². The average molecular weight is 268 g/mol. The van der Waals surface area contributed by atoms with Gasteiger partial charge in [-0.3, -0.25) is 0 Å². The topological polar surface area (TPSA) is 38.2 Å². The maximum absolute atomic E-state index is 12.8. The van der Waals surface area contributed by atoms with Gasteiger partial charge < -0.3 is 9.94 Å². The van der Waals surface area contributed by atoms with Crippen LogP contribution < -0.4 is 9.80 Å². The van der Waals surface area contributed by atoms with Crippen LogP contribution in [0.3, 0.4) is 0 Å². The number of anilines is 1. The van der Waals surface area contributed by atoms with Crippen LogP contribution in [0.15, 0.2) is 48.5 Å². The zero-order valence-electron chi connectivity index (χ0n) is 12.0. The number of ether oxygens (including phenoxy) is 1. The summed E-state index contributed by atoms with van der Waals surface area (Å²) in [6.07, 6.45) is 0. The van der Waals surface area contributed by atoms with Crippen LogP contribution in [0.5, 0.6) is 5.75 Å². The summed E-state index contributed by atoms with van der Waals surface area (Å²) in [5, 5.41) is 13.9. The standard InChI is InChI=1S/C17H18NO2/c1-12-9-10-14-15(11-12)20-17(2,3)16(18(14)19)13-7-5-4-6-8-13/h4-11,16H,1-3H3. The van der Waals surface area contributed by atoms with E-state index in [1.807, 2.05) is 69.3 Å². The summed E-state index contributed by atoms with van der Waals surface area (Å²) in [5.74, 6) is 0.664. The summed E-state index contributed by atoms with van der Waals surface area (Å²) in [7, 11) is 0. The third-order valence-electron chi connectivity index (χ3n) is 3.73. The largest absolute Gasteiger partial charge is 0.575 e. The SMILES string of the molecule is Cc1ccc2c(c1)OC(C)(C)C(c1ccccc1)[N+]2[O-]. The summed E-state index contributed by atoms with van der Waals surface area (Å²) in [4.78, 5) is 0. The van der Waals surface area contributed by atoms with Gasteiger partial charge in [-0.15, -0.1) is 5.06 Å². The van der Waals surface area contributed by atoms with E-state index in [1.165, 1.54) is 0 Å². The second-order valence-corrected chi connectivity index (χ2v) is 5.82. The summed E-state index contributed by atoms with van der Waals surface area (Å²) < 4.78 is 6.10. The molecule has 20 heavy (non-hydrogen) atoms. The molecule has 0 amide bonds. The Kier molecular flexibility index (Phi) is 3.04. The molecule has 0 aliphatic carbocycles. The zero-order chi connectivity index (χ0) is 14.3. The van der Waals surface area contributed by atoms with E-state index < -0.39 is 5.60 Å². The minimum Gasteiger partial charge on any atom is -0.575 e. The van der Waals surface area contributed by atoms with Crippen LogP contribution in [-0.2, 0) is 0 Å². The highest BCUT2D eigenvalue weighted by atomic mass is 16.5. The Balaban J connectivity index is 2.10. The first-order valence-corrected chi connectivity index (χ1v) is 6.80. The number of hydroxylamine groups is 1. The summed E-state index contributed by atoms with van der Waals surface area (Å²) >= 11 is 0. The molecule has 0 spiro atoms. The minimum absolute atomic E-state index is 0.348. The van der Waals surface area contributed by atoms with Gasteiger partial charge in [0, 0.05) is 11.6 Å². The maximum Gasteiger partial charge on any atom is 0.224 e. The van der Waals surface area contributed by atoms with Crippen molar-refractivity contribution in [2.75, 3.05) is 0 Å². The predicted octanol–water partition coefficient (Wildman–Crippen LogP) is 4.18. The van der Waals surface area contributed by atoms with E-state index in [4.69, 9.17) is 4.74 Å². The second-order valence-electron chi connectivity index (χ2n) is 5.82. The number of rotatable bonds is 1. The van der Waals surface area contributed by atoms with Gasteiger partial charge in [0.05, 0.1) is 0 Å². The van der Waals surface area contributed by atoms with Crippen molar-refractivity contribution in [3.63, 3.8) is 0 Å². The lowest BCUT2D eigenvalue weighted by molar-refractivity contribution is 0.0386. The Hall–Kier alpha value is -1.84. The van der Waals surface area contributed by atoms with Gasteiger partial charge in [0.15, 0.2) is 11.4 Å². The zero-order valence-corrected chi connectivity index (χ0v) is 12.0. The van der Waals surface area contributed by atoms with Crippen molar-refractivity contribution in [3.8, 4) is 5.75 Å². The van der Waals surface area contributed by atoms with Crippen molar-refractivity contribution >= 4 is 5.69 Å². The van der Waals surface area contributed by atoms with Crippen molar-refractivity contribution in [2.45, 2.75) is 32.4 Å². The molecule has 2 aromatic rings. The molecule has 0 aromatic heterocycles. The molecule has 2 aromatic carbocycles. The van der Waals surface area contributed by atoms with Crippen LogP contribution in [0.2, 0.25) is 0 Å². The van der Waals surface area contributed by atoms with Gasteiger partial charge >= 0.3 is 0 Å². The average Bonchev–Trinajstić information content (AvgIpc) is 2.38.